The molecule has 7 heteroatoms. The van der Waals surface area contributed by atoms with E-state index in [1.54, 1.807) is 20.4 Å². The van der Waals surface area contributed by atoms with Crippen LogP contribution in [0.25, 0.3) is 0 Å². The van der Waals surface area contributed by atoms with Crippen LogP contribution in [0.5, 0.6) is 11.5 Å². The summed E-state index contributed by atoms with van der Waals surface area (Å²) in [4.78, 5) is 15.0. The monoisotopic (exact) mass is 398 g/mol. The molecule has 1 aromatic heterocycles. The maximum atomic E-state index is 12.8. The van der Waals surface area contributed by atoms with E-state index in [9.17, 15) is 4.79 Å². The van der Waals surface area contributed by atoms with Crippen LogP contribution in [0.15, 0.2) is 30.5 Å². The van der Waals surface area contributed by atoms with Crippen LogP contribution in [-0.4, -0.2) is 47.9 Å². The Kier molecular flexibility index (Phi) is 6.04. The summed E-state index contributed by atoms with van der Waals surface area (Å²) in [6.45, 7) is 1.28. The molecule has 1 aliphatic heterocycles. The fourth-order valence-electron chi connectivity index (χ4n) is 4.67. The molecule has 7 nitrogen and oxygen atoms in total. The molecule has 156 valence electrons. The van der Waals surface area contributed by atoms with Crippen molar-refractivity contribution in [2.45, 2.75) is 50.6 Å². The Morgan fingerprint density at radius 1 is 1.10 bits per heavy atom. The summed E-state index contributed by atoms with van der Waals surface area (Å²) in [5, 5.41) is 7.53. The molecule has 0 bridgehead atoms. The number of amides is 1. The largest absolute Gasteiger partial charge is 0.493 e. The number of benzene rings is 1. The summed E-state index contributed by atoms with van der Waals surface area (Å²) < 4.78 is 12.8. The van der Waals surface area contributed by atoms with Crippen molar-refractivity contribution in [3.8, 4) is 11.5 Å². The second-order valence-electron chi connectivity index (χ2n) is 7.89. The van der Waals surface area contributed by atoms with Gasteiger partial charge in [-0.2, -0.15) is 5.10 Å². The number of nitrogens with zero attached hydrogens (tertiary/aromatic N) is 3. The average molecular weight is 399 g/mol. The Morgan fingerprint density at radius 3 is 2.66 bits per heavy atom. The number of likely N-dealkylation sites (tertiary alicyclic amines) is 1. The number of hydrogen-bond donors (Lipinski definition) is 1. The lowest BCUT2D eigenvalue weighted by molar-refractivity contribution is -0.117. The third-order valence-corrected chi connectivity index (χ3v) is 6.11. The van der Waals surface area contributed by atoms with E-state index < -0.39 is 0 Å². The second kappa shape index (κ2) is 8.86. The third-order valence-electron chi connectivity index (χ3n) is 6.11. The predicted molar refractivity (Wildman–Crippen MR) is 111 cm³/mol. The summed E-state index contributed by atoms with van der Waals surface area (Å²) in [7, 11) is 3.29. The number of carbonyl (C=O) groups is 1. The minimum absolute atomic E-state index is 0.0112. The molecule has 4 rings (SSSR count). The maximum Gasteiger partial charge on any atom is 0.239 e. The van der Waals surface area contributed by atoms with Crippen molar-refractivity contribution >= 4 is 11.7 Å². The molecule has 2 fully saturated rings. The molecule has 1 saturated heterocycles. The van der Waals surface area contributed by atoms with Gasteiger partial charge in [0.25, 0.3) is 0 Å². The third kappa shape index (κ3) is 4.24. The van der Waals surface area contributed by atoms with E-state index in [0.29, 0.717) is 12.6 Å². The molecular formula is C22H30N4O3. The first-order valence-electron chi connectivity index (χ1n) is 10.5. The van der Waals surface area contributed by atoms with Gasteiger partial charge in [-0.3, -0.25) is 9.69 Å². The van der Waals surface area contributed by atoms with E-state index in [4.69, 9.17) is 9.47 Å². The van der Waals surface area contributed by atoms with E-state index in [0.717, 1.165) is 55.1 Å². The molecule has 2 aromatic rings. The first kappa shape index (κ1) is 19.8. The molecule has 2 heterocycles. The number of hydrogen-bond acceptors (Lipinski definition) is 5. The lowest BCUT2D eigenvalue weighted by Crippen LogP contribution is -2.33. The molecule has 0 unspecified atom stereocenters. The first-order valence-corrected chi connectivity index (χ1v) is 10.5. The number of methoxy groups -OCH3 is 2. The Balaban J connectivity index is 1.42. The standard InChI is InChI=1S/C22H30N4O3/c1-28-19-10-9-16(14-20(19)29-2)18-8-5-13-25(18)15-22(27)24-21-11-12-23-26(21)17-6-3-4-7-17/h9-12,14,17-18H,3-8,13,15H2,1-2H3,(H,24,27)/t18-/m0/s1. The summed E-state index contributed by atoms with van der Waals surface area (Å²) in [5.41, 5.74) is 1.16. The normalized spacial score (nSPS) is 20.1. The van der Waals surface area contributed by atoms with Crippen LogP contribution in [0.4, 0.5) is 5.82 Å². The van der Waals surface area contributed by atoms with Gasteiger partial charge in [-0.1, -0.05) is 18.9 Å². The van der Waals surface area contributed by atoms with Crippen molar-refractivity contribution in [3.63, 3.8) is 0 Å². The van der Waals surface area contributed by atoms with Crippen LogP contribution < -0.4 is 14.8 Å². The Bertz CT molecular complexity index is 844. The minimum Gasteiger partial charge on any atom is -0.493 e. The van der Waals surface area contributed by atoms with Crippen LogP contribution in [-0.2, 0) is 4.79 Å². The number of aromatic nitrogens is 2. The van der Waals surface area contributed by atoms with Crippen molar-refractivity contribution in [2.24, 2.45) is 0 Å². The highest BCUT2D eigenvalue weighted by atomic mass is 16.5. The number of carbonyl (C=O) groups excluding carboxylic acids is 1. The maximum absolute atomic E-state index is 12.8. The highest BCUT2D eigenvalue weighted by molar-refractivity contribution is 5.91. The molecule has 1 aliphatic carbocycles. The SMILES string of the molecule is COc1ccc([C@@H]2CCCN2CC(=O)Nc2ccnn2C2CCCC2)cc1OC. The molecule has 0 radical (unpaired) electrons. The molecule has 1 amide bonds. The van der Waals surface area contributed by atoms with Crippen molar-refractivity contribution in [2.75, 3.05) is 32.6 Å². The zero-order valence-corrected chi connectivity index (χ0v) is 17.3. The van der Waals surface area contributed by atoms with Gasteiger partial charge in [-0.15, -0.1) is 0 Å². The van der Waals surface area contributed by atoms with Crippen LogP contribution in [0.1, 0.15) is 56.2 Å². The average Bonchev–Trinajstić information content (AvgIpc) is 3.49. The topological polar surface area (TPSA) is 68.6 Å². The second-order valence-corrected chi connectivity index (χ2v) is 7.89. The Labute approximate surface area is 172 Å². The summed E-state index contributed by atoms with van der Waals surface area (Å²) >= 11 is 0. The van der Waals surface area contributed by atoms with Crippen LogP contribution in [0, 0.1) is 0 Å². The van der Waals surface area contributed by atoms with Gasteiger partial charge in [0.1, 0.15) is 5.82 Å². The van der Waals surface area contributed by atoms with Crippen molar-refractivity contribution in [1.29, 1.82) is 0 Å². The van der Waals surface area contributed by atoms with Gasteiger partial charge in [0.2, 0.25) is 5.91 Å². The van der Waals surface area contributed by atoms with Gasteiger partial charge in [0.05, 0.1) is 33.0 Å². The first-order chi connectivity index (χ1) is 14.2. The highest BCUT2D eigenvalue weighted by Gasteiger charge is 2.29. The number of nitrogens with one attached hydrogen (secondary N) is 1. The van der Waals surface area contributed by atoms with Gasteiger partial charge in [-0.05, 0) is 49.9 Å². The fourth-order valence-corrected chi connectivity index (χ4v) is 4.67. The van der Waals surface area contributed by atoms with E-state index in [1.807, 2.05) is 22.9 Å². The molecule has 1 aromatic carbocycles. The summed E-state index contributed by atoms with van der Waals surface area (Å²) in [6.07, 6.45) is 8.62. The molecule has 1 saturated carbocycles. The smallest absolute Gasteiger partial charge is 0.239 e. The van der Waals surface area contributed by atoms with E-state index >= 15 is 0 Å². The van der Waals surface area contributed by atoms with Crippen LogP contribution in [0.3, 0.4) is 0 Å². The number of rotatable bonds is 7. The van der Waals surface area contributed by atoms with Crippen molar-refractivity contribution in [3.05, 3.63) is 36.0 Å². The van der Waals surface area contributed by atoms with Crippen molar-refractivity contribution in [1.82, 2.24) is 14.7 Å². The zero-order chi connectivity index (χ0) is 20.2. The highest BCUT2D eigenvalue weighted by Crippen LogP contribution is 2.37. The predicted octanol–water partition coefficient (Wildman–Crippen LogP) is 3.79. The van der Waals surface area contributed by atoms with Gasteiger partial charge in [0, 0.05) is 12.1 Å². The van der Waals surface area contributed by atoms with Gasteiger partial charge < -0.3 is 14.8 Å². The molecular weight excluding hydrogens is 368 g/mol. The van der Waals surface area contributed by atoms with E-state index in [1.165, 1.54) is 12.8 Å². The molecule has 0 spiro atoms. The molecule has 29 heavy (non-hydrogen) atoms. The lowest BCUT2D eigenvalue weighted by Gasteiger charge is -2.25. The Morgan fingerprint density at radius 2 is 1.90 bits per heavy atom. The van der Waals surface area contributed by atoms with Crippen LogP contribution in [0.2, 0.25) is 0 Å². The molecule has 1 atom stereocenters. The summed E-state index contributed by atoms with van der Waals surface area (Å²) in [5.74, 6) is 2.27. The molecule has 1 N–H and O–H groups in total. The lowest BCUT2D eigenvalue weighted by atomic mass is 10.0. The Hall–Kier alpha value is -2.54. The van der Waals surface area contributed by atoms with E-state index in [2.05, 4.69) is 21.4 Å². The van der Waals surface area contributed by atoms with Gasteiger partial charge in [0.15, 0.2) is 11.5 Å². The number of ether oxygens (including phenoxy) is 2. The molecule has 2 aliphatic rings. The zero-order valence-electron chi connectivity index (χ0n) is 17.3. The summed E-state index contributed by atoms with van der Waals surface area (Å²) in [6, 6.07) is 8.54. The van der Waals surface area contributed by atoms with Gasteiger partial charge >= 0.3 is 0 Å². The van der Waals surface area contributed by atoms with Crippen LogP contribution >= 0.6 is 0 Å². The fraction of sp³-hybridized carbons (Fsp3) is 0.545. The van der Waals surface area contributed by atoms with Crippen molar-refractivity contribution < 1.29 is 14.3 Å². The minimum atomic E-state index is 0.0112. The quantitative estimate of drug-likeness (QED) is 0.768. The van der Waals surface area contributed by atoms with E-state index in [-0.39, 0.29) is 11.9 Å². The number of anilines is 1. The van der Waals surface area contributed by atoms with Gasteiger partial charge in [-0.25, -0.2) is 4.68 Å².